The van der Waals surface area contributed by atoms with Gasteiger partial charge in [0.2, 0.25) is 0 Å². The predicted molar refractivity (Wildman–Crippen MR) is 234 cm³/mol. The van der Waals surface area contributed by atoms with Gasteiger partial charge in [-0.15, -0.1) is 0 Å². The van der Waals surface area contributed by atoms with E-state index in [1.165, 1.54) is 186 Å². The Morgan fingerprint density at radius 1 is 0.464 bits per heavy atom. The van der Waals surface area contributed by atoms with Gasteiger partial charge in [0.25, 0.3) is 0 Å². The zero-order valence-electron chi connectivity index (χ0n) is 36.9. The molecule has 0 saturated carbocycles. The number of phosphoric acid groups is 1. The van der Waals surface area contributed by atoms with Crippen LogP contribution in [0, 0.1) is 0 Å². The first-order valence-electron chi connectivity index (χ1n) is 24.0. The Morgan fingerprint density at radius 3 is 1.09 bits per heavy atom. The minimum Gasteiger partial charge on any atom is -0.462 e. The molecule has 0 aliphatic heterocycles. The molecule has 0 rings (SSSR count). The highest BCUT2D eigenvalue weighted by Crippen LogP contribution is 2.43. The number of nitrogens with two attached hydrogens (primary N) is 1. The molecule has 0 aromatic rings. The summed E-state index contributed by atoms with van der Waals surface area (Å²) in [6.07, 6.45) is 44.2. The van der Waals surface area contributed by atoms with Crippen molar-refractivity contribution in [2.24, 2.45) is 5.73 Å². The Kier molecular flexibility index (Phi) is 42.8. The summed E-state index contributed by atoms with van der Waals surface area (Å²) in [6, 6.07) is 0. The summed E-state index contributed by atoms with van der Waals surface area (Å²) in [4.78, 5) is 34.9. The number of rotatable bonds is 46. The maximum Gasteiger partial charge on any atom is 0.472 e. The van der Waals surface area contributed by atoms with Crippen LogP contribution in [0.4, 0.5) is 0 Å². The van der Waals surface area contributed by atoms with Crippen molar-refractivity contribution in [3.05, 3.63) is 0 Å². The van der Waals surface area contributed by atoms with Gasteiger partial charge in [-0.3, -0.25) is 18.6 Å². The molecular formula is C46H92NO8P. The highest BCUT2D eigenvalue weighted by atomic mass is 31.2. The van der Waals surface area contributed by atoms with Gasteiger partial charge < -0.3 is 20.1 Å². The van der Waals surface area contributed by atoms with Crippen molar-refractivity contribution in [2.45, 2.75) is 258 Å². The zero-order chi connectivity index (χ0) is 41.1. The minimum absolute atomic E-state index is 0.0582. The number of unbranched alkanes of at least 4 members (excludes halogenated alkanes) is 33. The van der Waals surface area contributed by atoms with Crippen molar-refractivity contribution in [3.63, 3.8) is 0 Å². The van der Waals surface area contributed by atoms with Gasteiger partial charge in [0.05, 0.1) is 13.2 Å². The van der Waals surface area contributed by atoms with E-state index in [1.807, 2.05) is 0 Å². The second-order valence-electron chi connectivity index (χ2n) is 16.3. The molecule has 10 heteroatoms. The predicted octanol–water partition coefficient (Wildman–Crippen LogP) is 14.0. The topological polar surface area (TPSA) is 134 Å². The summed E-state index contributed by atoms with van der Waals surface area (Å²) in [5.74, 6) is -0.810. The summed E-state index contributed by atoms with van der Waals surface area (Å²) in [6.45, 7) is 3.79. The number of ether oxygens (including phenoxy) is 2. The Morgan fingerprint density at radius 2 is 0.768 bits per heavy atom. The van der Waals surface area contributed by atoms with Gasteiger partial charge in [0, 0.05) is 19.4 Å². The molecule has 334 valence electrons. The maximum absolute atomic E-state index is 12.6. The van der Waals surface area contributed by atoms with Crippen molar-refractivity contribution in [1.82, 2.24) is 0 Å². The molecule has 0 aromatic carbocycles. The molecule has 0 aliphatic carbocycles. The summed E-state index contributed by atoms with van der Waals surface area (Å²) >= 11 is 0. The number of hydrogen-bond acceptors (Lipinski definition) is 8. The Labute approximate surface area is 346 Å². The van der Waals surface area contributed by atoms with E-state index in [0.717, 1.165) is 32.1 Å². The normalized spacial score (nSPS) is 13.1. The lowest BCUT2D eigenvalue weighted by Gasteiger charge is -2.19. The molecule has 2 atom stereocenters. The average Bonchev–Trinajstić information content (AvgIpc) is 3.18. The number of carbonyl (C=O) groups excluding carboxylic acids is 2. The molecule has 0 amide bonds. The molecule has 0 spiro atoms. The molecule has 0 bridgehead atoms. The molecule has 0 fully saturated rings. The van der Waals surface area contributed by atoms with Gasteiger partial charge in [-0.2, -0.15) is 0 Å². The van der Waals surface area contributed by atoms with Crippen LogP contribution in [0.2, 0.25) is 0 Å². The number of esters is 2. The van der Waals surface area contributed by atoms with E-state index in [0.29, 0.717) is 6.42 Å². The fraction of sp³-hybridized carbons (Fsp3) is 0.957. The van der Waals surface area contributed by atoms with Crippen LogP contribution in [0.1, 0.15) is 251 Å². The third kappa shape index (κ3) is 42.6. The first-order chi connectivity index (χ1) is 27.3. The van der Waals surface area contributed by atoms with E-state index >= 15 is 0 Å². The number of hydrogen-bond donors (Lipinski definition) is 2. The second kappa shape index (κ2) is 43.6. The monoisotopic (exact) mass is 818 g/mol. The summed E-state index contributed by atoms with van der Waals surface area (Å²) in [5, 5.41) is 0. The lowest BCUT2D eigenvalue weighted by atomic mass is 10.0. The zero-order valence-corrected chi connectivity index (χ0v) is 37.8. The van der Waals surface area contributed by atoms with Crippen molar-refractivity contribution in [3.8, 4) is 0 Å². The van der Waals surface area contributed by atoms with Crippen LogP contribution < -0.4 is 5.73 Å². The SMILES string of the molecule is CCCCCCCCCCCCCCCCCCCCCCCCC(=O)O[C@H](COC(=O)CCCCCCCCCCCCCCC)COP(=O)(O)OCCN. The molecule has 0 saturated heterocycles. The standard InChI is InChI=1S/C46H92NO8P/c1-3-5-7-9-11-13-15-17-18-19-20-21-22-23-24-25-27-29-31-33-35-37-39-46(49)55-44(43-54-56(50,51)53-41-40-47)42-52-45(48)38-36-34-32-30-28-26-16-14-12-10-8-6-4-2/h44H,3-43,47H2,1-2H3,(H,50,51)/t44-/m1/s1. The van der Waals surface area contributed by atoms with Crippen LogP contribution in [0.25, 0.3) is 0 Å². The van der Waals surface area contributed by atoms with Crippen LogP contribution >= 0.6 is 7.82 Å². The molecule has 0 aromatic heterocycles. The third-order valence-corrected chi connectivity index (χ3v) is 11.7. The highest BCUT2D eigenvalue weighted by Gasteiger charge is 2.26. The van der Waals surface area contributed by atoms with Crippen LogP contribution in [0.5, 0.6) is 0 Å². The lowest BCUT2D eigenvalue weighted by molar-refractivity contribution is -0.161. The van der Waals surface area contributed by atoms with Crippen molar-refractivity contribution >= 4 is 19.8 Å². The van der Waals surface area contributed by atoms with Gasteiger partial charge in [-0.1, -0.05) is 226 Å². The van der Waals surface area contributed by atoms with Gasteiger partial charge in [-0.25, -0.2) is 4.57 Å². The maximum atomic E-state index is 12.6. The Hall–Kier alpha value is -0.990. The van der Waals surface area contributed by atoms with E-state index in [-0.39, 0.29) is 38.6 Å². The molecule has 9 nitrogen and oxygen atoms in total. The first-order valence-corrected chi connectivity index (χ1v) is 25.5. The van der Waals surface area contributed by atoms with Crippen LogP contribution in [0.3, 0.4) is 0 Å². The second-order valence-corrected chi connectivity index (χ2v) is 17.8. The van der Waals surface area contributed by atoms with Crippen molar-refractivity contribution in [2.75, 3.05) is 26.4 Å². The molecule has 56 heavy (non-hydrogen) atoms. The van der Waals surface area contributed by atoms with Gasteiger partial charge in [0.15, 0.2) is 6.10 Å². The van der Waals surface area contributed by atoms with Crippen molar-refractivity contribution in [1.29, 1.82) is 0 Å². The van der Waals surface area contributed by atoms with Crippen LogP contribution in [-0.2, 0) is 32.7 Å². The van der Waals surface area contributed by atoms with E-state index < -0.39 is 26.5 Å². The van der Waals surface area contributed by atoms with Crippen LogP contribution in [0.15, 0.2) is 0 Å². The largest absolute Gasteiger partial charge is 0.472 e. The highest BCUT2D eigenvalue weighted by molar-refractivity contribution is 7.47. The third-order valence-electron chi connectivity index (χ3n) is 10.7. The average molecular weight is 818 g/mol. The van der Waals surface area contributed by atoms with Gasteiger partial charge in [0.1, 0.15) is 6.61 Å². The Bertz CT molecular complexity index is 891. The van der Waals surface area contributed by atoms with E-state index in [9.17, 15) is 19.0 Å². The lowest BCUT2D eigenvalue weighted by Crippen LogP contribution is -2.29. The number of carbonyl (C=O) groups is 2. The quantitative estimate of drug-likeness (QED) is 0.0350. The molecular weight excluding hydrogens is 725 g/mol. The van der Waals surface area contributed by atoms with Crippen LogP contribution in [-0.4, -0.2) is 49.3 Å². The summed E-state index contributed by atoms with van der Waals surface area (Å²) in [7, 11) is -4.37. The van der Waals surface area contributed by atoms with E-state index in [4.69, 9.17) is 24.3 Å². The summed E-state index contributed by atoms with van der Waals surface area (Å²) in [5.41, 5.74) is 5.36. The molecule has 1 unspecified atom stereocenters. The van der Waals surface area contributed by atoms with Gasteiger partial charge in [-0.05, 0) is 12.8 Å². The Balaban J connectivity index is 3.99. The smallest absolute Gasteiger partial charge is 0.462 e. The van der Waals surface area contributed by atoms with E-state index in [2.05, 4.69) is 13.8 Å². The molecule has 0 radical (unpaired) electrons. The molecule has 0 aliphatic rings. The molecule has 3 N–H and O–H groups in total. The summed E-state index contributed by atoms with van der Waals surface area (Å²) < 4.78 is 32.8. The van der Waals surface area contributed by atoms with Crippen molar-refractivity contribution < 1.29 is 37.6 Å². The fourth-order valence-corrected chi connectivity index (χ4v) is 7.93. The first kappa shape index (κ1) is 55.0. The molecule has 0 heterocycles. The number of phosphoric ester groups is 1. The fourth-order valence-electron chi connectivity index (χ4n) is 7.17. The van der Waals surface area contributed by atoms with Gasteiger partial charge >= 0.3 is 19.8 Å². The minimum atomic E-state index is -4.37. The van der Waals surface area contributed by atoms with E-state index in [1.54, 1.807) is 0 Å².